The monoisotopic (exact) mass is 411 g/mol. The van der Waals surface area contributed by atoms with Gasteiger partial charge in [0, 0.05) is 22.8 Å². The molecule has 2 N–H and O–H groups in total. The van der Waals surface area contributed by atoms with Crippen LogP contribution in [0.5, 0.6) is 11.5 Å². The standard InChI is InChI=1S/C23H22ClNO4/c1-15-11-17(23(26)27)9-10-20(15)25-13-18-6-4-8-21(28-2)22(18)29-14-16-5-3-7-19(24)12-16/h3-12,25H,13-14H2,1-2H3,(H,26,27). The van der Waals surface area contributed by atoms with Crippen molar-refractivity contribution in [2.24, 2.45) is 0 Å². The number of para-hydroxylation sites is 1. The summed E-state index contributed by atoms with van der Waals surface area (Å²) in [6.45, 7) is 2.73. The maximum absolute atomic E-state index is 11.1. The minimum atomic E-state index is -0.941. The highest BCUT2D eigenvalue weighted by Gasteiger charge is 2.12. The lowest BCUT2D eigenvalue weighted by atomic mass is 10.1. The second-order valence-electron chi connectivity index (χ2n) is 6.56. The highest BCUT2D eigenvalue weighted by Crippen LogP contribution is 2.33. The Hall–Kier alpha value is -3.18. The molecule has 29 heavy (non-hydrogen) atoms. The van der Waals surface area contributed by atoms with Gasteiger partial charge in [-0.2, -0.15) is 0 Å². The molecule has 3 aromatic rings. The first-order valence-electron chi connectivity index (χ1n) is 9.09. The van der Waals surface area contributed by atoms with Gasteiger partial charge in [0.15, 0.2) is 11.5 Å². The van der Waals surface area contributed by atoms with Gasteiger partial charge in [-0.15, -0.1) is 0 Å². The van der Waals surface area contributed by atoms with E-state index >= 15 is 0 Å². The van der Waals surface area contributed by atoms with Crippen molar-refractivity contribution in [3.05, 3.63) is 87.9 Å². The number of anilines is 1. The topological polar surface area (TPSA) is 67.8 Å². The number of rotatable bonds is 8. The minimum Gasteiger partial charge on any atom is -0.493 e. The smallest absolute Gasteiger partial charge is 0.335 e. The second-order valence-corrected chi connectivity index (χ2v) is 6.99. The number of carboxylic acid groups (broad SMARTS) is 1. The molecule has 0 aromatic heterocycles. The van der Waals surface area contributed by atoms with Crippen molar-refractivity contribution in [2.45, 2.75) is 20.1 Å². The minimum absolute atomic E-state index is 0.264. The number of carboxylic acids is 1. The molecule has 0 unspecified atom stereocenters. The van der Waals surface area contributed by atoms with Crippen LogP contribution in [0.2, 0.25) is 5.02 Å². The molecule has 0 atom stereocenters. The van der Waals surface area contributed by atoms with Gasteiger partial charge >= 0.3 is 5.97 Å². The van der Waals surface area contributed by atoms with E-state index in [0.717, 1.165) is 22.4 Å². The van der Waals surface area contributed by atoms with Gasteiger partial charge in [0.1, 0.15) is 6.61 Å². The molecule has 3 rings (SSSR count). The van der Waals surface area contributed by atoms with Crippen molar-refractivity contribution in [3.63, 3.8) is 0 Å². The summed E-state index contributed by atoms with van der Waals surface area (Å²) < 4.78 is 11.5. The fourth-order valence-corrected chi connectivity index (χ4v) is 3.21. The number of aryl methyl sites for hydroxylation is 1. The summed E-state index contributed by atoms with van der Waals surface area (Å²) in [7, 11) is 1.60. The number of hydrogen-bond donors (Lipinski definition) is 2. The third kappa shape index (κ3) is 5.21. The Kier molecular flexibility index (Phi) is 6.62. The van der Waals surface area contributed by atoms with Crippen LogP contribution in [-0.2, 0) is 13.2 Å². The Bertz CT molecular complexity index is 1020. The molecule has 0 radical (unpaired) electrons. The lowest BCUT2D eigenvalue weighted by Gasteiger charge is -2.17. The quantitative estimate of drug-likeness (QED) is 0.509. The molecule has 0 saturated carbocycles. The predicted octanol–water partition coefficient (Wildman–Crippen LogP) is 5.55. The van der Waals surface area contributed by atoms with Crippen LogP contribution in [0.3, 0.4) is 0 Å². The van der Waals surface area contributed by atoms with E-state index in [0.29, 0.717) is 29.7 Å². The maximum Gasteiger partial charge on any atom is 0.335 e. The first-order valence-corrected chi connectivity index (χ1v) is 9.46. The molecule has 0 saturated heterocycles. The molecule has 5 nitrogen and oxygen atoms in total. The Balaban J connectivity index is 1.78. The van der Waals surface area contributed by atoms with Crippen molar-refractivity contribution in [1.29, 1.82) is 0 Å². The van der Waals surface area contributed by atoms with Gasteiger partial charge in [-0.3, -0.25) is 0 Å². The van der Waals surface area contributed by atoms with Crippen LogP contribution in [0, 0.1) is 6.92 Å². The fourth-order valence-electron chi connectivity index (χ4n) is 2.99. The summed E-state index contributed by atoms with van der Waals surface area (Å²) in [5, 5.41) is 13.1. The predicted molar refractivity (Wildman–Crippen MR) is 114 cm³/mol. The van der Waals surface area contributed by atoms with E-state index in [1.807, 2.05) is 49.4 Å². The number of aromatic carboxylic acids is 1. The van der Waals surface area contributed by atoms with Gasteiger partial charge in [-0.1, -0.05) is 35.9 Å². The van der Waals surface area contributed by atoms with E-state index in [2.05, 4.69) is 5.32 Å². The Labute approximate surface area is 174 Å². The number of hydrogen-bond acceptors (Lipinski definition) is 4. The number of carbonyl (C=O) groups is 1. The molecular weight excluding hydrogens is 390 g/mol. The van der Waals surface area contributed by atoms with E-state index in [4.69, 9.17) is 26.2 Å². The van der Waals surface area contributed by atoms with Crippen LogP contribution in [0.1, 0.15) is 27.0 Å². The summed E-state index contributed by atoms with van der Waals surface area (Å²) in [5.74, 6) is 0.357. The lowest BCUT2D eigenvalue weighted by molar-refractivity contribution is 0.0697. The first kappa shape index (κ1) is 20.6. The number of benzene rings is 3. The number of ether oxygens (including phenoxy) is 2. The van der Waals surface area contributed by atoms with Crippen molar-refractivity contribution in [1.82, 2.24) is 0 Å². The van der Waals surface area contributed by atoms with E-state index in [9.17, 15) is 4.79 Å². The summed E-state index contributed by atoms with van der Waals surface area (Å²) in [5.41, 5.74) is 3.86. The molecule has 0 amide bonds. The normalized spacial score (nSPS) is 10.4. The van der Waals surface area contributed by atoms with E-state index in [1.165, 1.54) is 0 Å². The van der Waals surface area contributed by atoms with Crippen LogP contribution in [0.25, 0.3) is 0 Å². The molecule has 0 bridgehead atoms. The molecule has 0 spiro atoms. The highest BCUT2D eigenvalue weighted by molar-refractivity contribution is 6.30. The fraction of sp³-hybridized carbons (Fsp3) is 0.174. The molecule has 0 aliphatic carbocycles. The molecule has 150 valence electrons. The van der Waals surface area contributed by atoms with E-state index in [1.54, 1.807) is 25.3 Å². The number of halogens is 1. The van der Waals surface area contributed by atoms with Crippen molar-refractivity contribution >= 4 is 23.3 Å². The van der Waals surface area contributed by atoms with E-state index in [-0.39, 0.29) is 5.56 Å². The SMILES string of the molecule is COc1cccc(CNc2ccc(C(=O)O)cc2C)c1OCc1cccc(Cl)c1. The molecule has 6 heteroatoms. The average molecular weight is 412 g/mol. The van der Waals surface area contributed by atoms with Crippen molar-refractivity contribution < 1.29 is 19.4 Å². The van der Waals surface area contributed by atoms with Gasteiger partial charge in [0.05, 0.1) is 12.7 Å². The maximum atomic E-state index is 11.1. The lowest BCUT2D eigenvalue weighted by Crippen LogP contribution is -2.06. The second kappa shape index (κ2) is 9.34. The Morgan fingerprint density at radius 1 is 1.10 bits per heavy atom. The average Bonchev–Trinajstić information content (AvgIpc) is 2.71. The molecule has 3 aromatic carbocycles. The summed E-state index contributed by atoms with van der Waals surface area (Å²) in [6, 6.07) is 18.2. The molecular formula is C23H22ClNO4. The van der Waals surface area contributed by atoms with Gasteiger partial charge < -0.3 is 19.9 Å². The Morgan fingerprint density at radius 2 is 1.90 bits per heavy atom. The van der Waals surface area contributed by atoms with Crippen LogP contribution in [0.15, 0.2) is 60.7 Å². The zero-order valence-electron chi connectivity index (χ0n) is 16.2. The third-order valence-electron chi connectivity index (χ3n) is 4.50. The van der Waals surface area contributed by atoms with Crippen molar-refractivity contribution in [3.8, 4) is 11.5 Å². The molecule has 0 heterocycles. The van der Waals surface area contributed by atoms with Gasteiger partial charge in [0.25, 0.3) is 0 Å². The third-order valence-corrected chi connectivity index (χ3v) is 4.73. The zero-order chi connectivity index (χ0) is 20.8. The van der Waals surface area contributed by atoms with Crippen molar-refractivity contribution in [2.75, 3.05) is 12.4 Å². The van der Waals surface area contributed by atoms with Gasteiger partial charge in [-0.25, -0.2) is 4.79 Å². The molecule has 0 aliphatic rings. The van der Waals surface area contributed by atoms with E-state index < -0.39 is 5.97 Å². The Morgan fingerprint density at radius 3 is 2.59 bits per heavy atom. The number of nitrogens with one attached hydrogen (secondary N) is 1. The zero-order valence-corrected chi connectivity index (χ0v) is 17.0. The molecule has 0 aliphatic heterocycles. The van der Waals surface area contributed by atoms with Gasteiger partial charge in [-0.05, 0) is 54.4 Å². The van der Waals surface area contributed by atoms with Crippen LogP contribution >= 0.6 is 11.6 Å². The van der Waals surface area contributed by atoms with Crippen LogP contribution < -0.4 is 14.8 Å². The highest BCUT2D eigenvalue weighted by atomic mass is 35.5. The first-order chi connectivity index (χ1) is 14.0. The summed E-state index contributed by atoms with van der Waals surface area (Å²) in [6.07, 6.45) is 0. The largest absolute Gasteiger partial charge is 0.493 e. The van der Waals surface area contributed by atoms with Gasteiger partial charge in [0.2, 0.25) is 0 Å². The molecule has 0 fully saturated rings. The summed E-state index contributed by atoms with van der Waals surface area (Å²) >= 11 is 6.05. The summed E-state index contributed by atoms with van der Waals surface area (Å²) in [4.78, 5) is 11.1. The van der Waals surface area contributed by atoms with Crippen LogP contribution in [-0.4, -0.2) is 18.2 Å². The van der Waals surface area contributed by atoms with Crippen LogP contribution in [0.4, 0.5) is 5.69 Å². The number of methoxy groups -OCH3 is 1.